The summed E-state index contributed by atoms with van der Waals surface area (Å²) in [5, 5.41) is 0.124. The highest BCUT2D eigenvalue weighted by molar-refractivity contribution is 6.43. The number of pyridine rings is 1. The maximum absolute atomic E-state index is 13.2. The molecule has 1 aliphatic heterocycles. The van der Waals surface area contributed by atoms with Crippen LogP contribution in [-0.2, 0) is 0 Å². The third-order valence-corrected chi connectivity index (χ3v) is 3.28. The molecule has 0 bridgehead atoms. The molecule has 0 saturated heterocycles. The molecule has 0 saturated carbocycles. The predicted octanol–water partition coefficient (Wildman–Crippen LogP) is 2.26. The van der Waals surface area contributed by atoms with Gasteiger partial charge in [0.05, 0.1) is 34.2 Å². The van der Waals surface area contributed by atoms with Crippen molar-refractivity contribution in [1.82, 2.24) is 4.98 Å². The fraction of sp³-hybridized carbons (Fsp3) is 0. The van der Waals surface area contributed by atoms with Gasteiger partial charge in [-0.3, -0.25) is 14.6 Å². The van der Waals surface area contributed by atoms with Gasteiger partial charge in [0, 0.05) is 11.8 Å². The Morgan fingerprint density at radius 3 is 2.50 bits per heavy atom. The predicted molar refractivity (Wildman–Crippen MR) is 71.2 cm³/mol. The Hall–Kier alpha value is -2.47. The second-order valence-corrected chi connectivity index (χ2v) is 4.60. The molecular formula is C13H7ClFN3O2. The number of hydrogen-bond acceptors (Lipinski definition) is 4. The van der Waals surface area contributed by atoms with E-state index in [1.54, 1.807) is 0 Å². The molecule has 0 unspecified atom stereocenters. The molecule has 5 nitrogen and oxygen atoms in total. The number of nitrogen functional groups attached to an aromatic ring is 1. The van der Waals surface area contributed by atoms with Crippen LogP contribution in [0.4, 0.5) is 15.8 Å². The molecule has 100 valence electrons. The van der Waals surface area contributed by atoms with Gasteiger partial charge in [0.1, 0.15) is 5.82 Å². The van der Waals surface area contributed by atoms with Crippen LogP contribution in [0.2, 0.25) is 5.02 Å². The van der Waals surface area contributed by atoms with Crippen LogP contribution in [0, 0.1) is 5.82 Å². The lowest BCUT2D eigenvalue weighted by Crippen LogP contribution is -2.29. The first kappa shape index (κ1) is 12.6. The first-order valence-corrected chi connectivity index (χ1v) is 5.96. The average molecular weight is 292 g/mol. The molecule has 0 atom stereocenters. The first-order valence-electron chi connectivity index (χ1n) is 5.58. The van der Waals surface area contributed by atoms with Crippen LogP contribution < -0.4 is 10.6 Å². The molecule has 3 rings (SSSR count). The fourth-order valence-corrected chi connectivity index (χ4v) is 2.34. The van der Waals surface area contributed by atoms with Gasteiger partial charge in [0.2, 0.25) is 0 Å². The number of amides is 2. The maximum atomic E-state index is 13.2. The second kappa shape index (κ2) is 4.28. The third kappa shape index (κ3) is 1.65. The van der Waals surface area contributed by atoms with Crippen molar-refractivity contribution < 1.29 is 14.0 Å². The number of carbonyl (C=O) groups excluding carboxylic acids is 2. The monoisotopic (exact) mass is 291 g/mol. The molecule has 2 aromatic rings. The molecule has 1 aromatic heterocycles. The van der Waals surface area contributed by atoms with Crippen molar-refractivity contribution in [1.29, 1.82) is 0 Å². The van der Waals surface area contributed by atoms with E-state index >= 15 is 0 Å². The summed E-state index contributed by atoms with van der Waals surface area (Å²) < 4.78 is 13.2. The van der Waals surface area contributed by atoms with Crippen molar-refractivity contribution in [3.8, 4) is 0 Å². The highest BCUT2D eigenvalue weighted by Gasteiger charge is 2.40. The number of aromatic nitrogens is 1. The van der Waals surface area contributed by atoms with Crippen LogP contribution in [0.1, 0.15) is 20.7 Å². The molecule has 0 fully saturated rings. The van der Waals surface area contributed by atoms with Crippen LogP contribution in [0.15, 0.2) is 30.6 Å². The summed E-state index contributed by atoms with van der Waals surface area (Å²) in [4.78, 5) is 29.0. The Morgan fingerprint density at radius 2 is 1.85 bits per heavy atom. The van der Waals surface area contributed by atoms with Crippen LogP contribution in [0.5, 0.6) is 0 Å². The lowest BCUT2D eigenvalue weighted by atomic mass is 10.1. The smallest absolute Gasteiger partial charge is 0.268 e. The summed E-state index contributed by atoms with van der Waals surface area (Å²) in [6.45, 7) is 0. The SMILES string of the molecule is Nc1ccc(Cl)c2c1C(=O)N(c1cncc(F)c1)C2=O. The van der Waals surface area contributed by atoms with E-state index < -0.39 is 17.6 Å². The molecule has 1 aromatic carbocycles. The van der Waals surface area contributed by atoms with Crippen LogP contribution in [0.3, 0.4) is 0 Å². The molecule has 7 heteroatoms. The van der Waals surface area contributed by atoms with Crippen molar-refractivity contribution >= 4 is 34.8 Å². The molecule has 0 aliphatic carbocycles. The van der Waals surface area contributed by atoms with Gasteiger partial charge in [-0.25, -0.2) is 9.29 Å². The summed E-state index contributed by atoms with van der Waals surface area (Å²) in [7, 11) is 0. The van der Waals surface area contributed by atoms with E-state index in [0.717, 1.165) is 17.2 Å². The minimum absolute atomic E-state index is 0.0286. The molecule has 20 heavy (non-hydrogen) atoms. The quantitative estimate of drug-likeness (QED) is 0.646. The van der Waals surface area contributed by atoms with E-state index in [1.807, 2.05) is 0 Å². The molecule has 0 radical (unpaired) electrons. The molecule has 0 spiro atoms. The van der Waals surface area contributed by atoms with Crippen LogP contribution in [-0.4, -0.2) is 16.8 Å². The van der Waals surface area contributed by atoms with Gasteiger partial charge in [0.15, 0.2) is 0 Å². The number of nitrogens with zero attached hydrogens (tertiary/aromatic N) is 2. The number of carbonyl (C=O) groups is 2. The Morgan fingerprint density at radius 1 is 1.15 bits per heavy atom. The van der Waals surface area contributed by atoms with Crippen molar-refractivity contribution in [2.75, 3.05) is 10.6 Å². The van der Waals surface area contributed by atoms with Crippen molar-refractivity contribution in [3.05, 3.63) is 52.6 Å². The van der Waals surface area contributed by atoms with Gasteiger partial charge < -0.3 is 5.73 Å². The zero-order chi connectivity index (χ0) is 14.4. The topological polar surface area (TPSA) is 76.3 Å². The van der Waals surface area contributed by atoms with Crippen molar-refractivity contribution in [3.63, 3.8) is 0 Å². The summed E-state index contributed by atoms with van der Waals surface area (Å²) in [6.07, 6.45) is 2.19. The Kier molecular flexibility index (Phi) is 2.69. The average Bonchev–Trinajstić information content (AvgIpc) is 2.67. The normalized spacial score (nSPS) is 13.8. The molecule has 2 N–H and O–H groups in total. The van der Waals surface area contributed by atoms with E-state index in [2.05, 4.69) is 4.98 Å². The lowest BCUT2D eigenvalue weighted by molar-refractivity contribution is 0.0926. The Labute approximate surface area is 117 Å². The number of hydrogen-bond donors (Lipinski definition) is 1. The third-order valence-electron chi connectivity index (χ3n) is 2.97. The molecular weight excluding hydrogens is 285 g/mol. The molecule has 2 amide bonds. The number of halogens is 2. The fourth-order valence-electron chi connectivity index (χ4n) is 2.11. The minimum Gasteiger partial charge on any atom is -0.398 e. The number of anilines is 2. The van der Waals surface area contributed by atoms with E-state index in [9.17, 15) is 14.0 Å². The van der Waals surface area contributed by atoms with Gasteiger partial charge in [0.25, 0.3) is 11.8 Å². The van der Waals surface area contributed by atoms with E-state index in [1.165, 1.54) is 18.3 Å². The highest BCUT2D eigenvalue weighted by atomic mass is 35.5. The van der Waals surface area contributed by atoms with Gasteiger partial charge in [-0.05, 0) is 12.1 Å². The summed E-state index contributed by atoms with van der Waals surface area (Å²) in [6, 6.07) is 3.92. The lowest BCUT2D eigenvalue weighted by Gasteiger charge is -2.13. The van der Waals surface area contributed by atoms with E-state index in [-0.39, 0.29) is 27.5 Å². The van der Waals surface area contributed by atoms with Crippen molar-refractivity contribution in [2.24, 2.45) is 0 Å². The van der Waals surface area contributed by atoms with Gasteiger partial charge in [-0.2, -0.15) is 0 Å². The van der Waals surface area contributed by atoms with Gasteiger partial charge >= 0.3 is 0 Å². The number of imide groups is 1. The summed E-state index contributed by atoms with van der Waals surface area (Å²) in [5.74, 6) is -1.94. The zero-order valence-electron chi connectivity index (χ0n) is 9.93. The summed E-state index contributed by atoms with van der Waals surface area (Å²) >= 11 is 5.94. The second-order valence-electron chi connectivity index (χ2n) is 4.19. The number of rotatable bonds is 1. The molecule has 1 aliphatic rings. The standard InChI is InChI=1S/C13H7ClFN3O2/c14-8-1-2-9(16)11-10(8)12(19)18(13(11)20)7-3-6(15)4-17-5-7/h1-5H,16H2. The summed E-state index contributed by atoms with van der Waals surface area (Å²) in [5.41, 5.74) is 5.96. The number of benzene rings is 1. The Balaban J connectivity index is 2.20. The molecule has 2 heterocycles. The first-order chi connectivity index (χ1) is 9.50. The van der Waals surface area contributed by atoms with Gasteiger partial charge in [-0.15, -0.1) is 0 Å². The van der Waals surface area contributed by atoms with Crippen LogP contribution >= 0.6 is 11.6 Å². The van der Waals surface area contributed by atoms with Crippen molar-refractivity contribution in [2.45, 2.75) is 0 Å². The minimum atomic E-state index is -0.655. The number of nitrogens with two attached hydrogens (primary N) is 1. The number of fused-ring (bicyclic) bond motifs is 1. The van der Waals surface area contributed by atoms with E-state index in [4.69, 9.17) is 17.3 Å². The highest BCUT2D eigenvalue weighted by Crippen LogP contribution is 2.35. The van der Waals surface area contributed by atoms with Gasteiger partial charge in [-0.1, -0.05) is 11.6 Å². The Bertz CT molecular complexity index is 722. The maximum Gasteiger partial charge on any atom is 0.268 e. The zero-order valence-corrected chi connectivity index (χ0v) is 10.7. The largest absolute Gasteiger partial charge is 0.398 e. The van der Waals surface area contributed by atoms with Crippen LogP contribution in [0.25, 0.3) is 0 Å². The van der Waals surface area contributed by atoms with E-state index in [0.29, 0.717) is 0 Å².